The molecule has 95 heavy (non-hydrogen) atoms. The Morgan fingerprint density at radius 3 is 1.05 bits per heavy atom. The predicted octanol–water partition coefficient (Wildman–Crippen LogP) is 20.0. The van der Waals surface area contributed by atoms with Gasteiger partial charge in [-0.2, -0.15) is 0 Å². The number of hydrogen-bond acceptors (Lipinski definition) is 10. The van der Waals surface area contributed by atoms with Gasteiger partial charge in [-0.25, -0.2) is 9.97 Å². The zero-order valence-electron chi connectivity index (χ0n) is 58.6. The minimum absolute atomic E-state index is 0. The minimum Gasteiger partial charge on any atom is -0.657 e. The molecular weight excluding hydrogens is 1230 g/mol. The SMILES string of the molecule is CCCCCCC1=C(C)c2nc1cc1[n-]c(c(C)c1CCCCCC)c1c3nc(cc4[n-]c(c(C)c4CCCCCC)c2-c2ccccc2OCCOCCOCCOc2cccc4c(cccc24)OCCOCCOCCOc2ccccc2-1)C(CCCCCC)=C3C.[Zn+2]. The summed E-state index contributed by atoms with van der Waals surface area (Å²) in [5, 5.41) is 1.95. The molecule has 4 aliphatic heterocycles. The summed E-state index contributed by atoms with van der Waals surface area (Å²) in [5.41, 5.74) is 21.3. The fraction of sp³-hybridized carbons (Fsp3) is 0.488. The maximum atomic E-state index is 6.88. The zero-order chi connectivity index (χ0) is 65.4. The molecule has 4 aliphatic rings. The number of ether oxygens (including phenoxy) is 8. The van der Waals surface area contributed by atoms with Gasteiger partial charge in [0, 0.05) is 21.9 Å². The van der Waals surface area contributed by atoms with E-state index in [1.54, 1.807) is 0 Å². The van der Waals surface area contributed by atoms with Crippen LogP contribution in [0.2, 0.25) is 0 Å². The number of fused-ring (bicyclic) bond motifs is 18. The average Bonchev–Trinajstić information content (AvgIpc) is 1.60. The van der Waals surface area contributed by atoms with E-state index in [0.29, 0.717) is 79.3 Å². The number of hydrogen-bond donors (Lipinski definition) is 0. The van der Waals surface area contributed by atoms with Gasteiger partial charge in [0.1, 0.15) is 49.4 Å². The van der Waals surface area contributed by atoms with E-state index in [0.717, 1.165) is 204 Å². The molecule has 4 aromatic carbocycles. The first-order valence-corrected chi connectivity index (χ1v) is 35.9. The number of para-hydroxylation sites is 2. The molecule has 13 heteroatoms. The van der Waals surface area contributed by atoms with Crippen LogP contribution in [0.3, 0.4) is 0 Å². The van der Waals surface area contributed by atoms with Crippen molar-refractivity contribution >= 4 is 55.1 Å². The van der Waals surface area contributed by atoms with Crippen LogP contribution in [0.25, 0.3) is 77.4 Å². The smallest absolute Gasteiger partial charge is 0.657 e. The first kappa shape index (κ1) is 72.7. The normalized spacial score (nSPS) is 14.9. The number of aromatic nitrogens is 4. The summed E-state index contributed by atoms with van der Waals surface area (Å²) in [7, 11) is 0. The molecule has 7 aromatic rings. The van der Waals surface area contributed by atoms with E-state index in [9.17, 15) is 0 Å². The second-order valence-electron chi connectivity index (χ2n) is 25.5. The minimum atomic E-state index is 0. The van der Waals surface area contributed by atoms with Crippen molar-refractivity contribution in [3.8, 4) is 45.3 Å². The molecule has 14 bridgehead atoms. The third-order valence-electron chi connectivity index (χ3n) is 18.9. The molecule has 0 unspecified atom stereocenters. The molecule has 0 spiro atoms. The standard InChI is InChI=1S/C82H104N4O8.Zn/c1-9-13-17-21-31-61-57(5)79-77-67-35-25-27-39-75(67)93-53-49-89-45-43-87-47-51-91-73-41-29-38-66-65(73)37-30-42-74(66)92-52-48-88-44-46-90-50-54-94-76-40-28-26-36-68(76)78(81-58(6)62(32-22-18-14-10-2)70(84-81)55-69(61)83-79)82-60(8)64(34-24-20-16-12-4)72(86-82)56-71-63(33-23-19-15-11-3)59(7)80(77)85-71;/h25-30,35-42,55-56H,9-24,31-34,43-54H2,1-8H3;/q-2;+2. The summed E-state index contributed by atoms with van der Waals surface area (Å²) in [6.45, 7) is 23.1. The Morgan fingerprint density at radius 2 is 0.684 bits per heavy atom. The zero-order valence-corrected chi connectivity index (χ0v) is 61.6. The van der Waals surface area contributed by atoms with Crippen molar-refractivity contribution < 1.29 is 57.4 Å². The van der Waals surface area contributed by atoms with Crippen molar-refractivity contribution in [1.82, 2.24) is 19.9 Å². The molecule has 12 nitrogen and oxygen atoms in total. The van der Waals surface area contributed by atoms with Gasteiger partial charge in [0.15, 0.2) is 0 Å². The second kappa shape index (κ2) is 37.8. The number of allylic oxidation sites excluding steroid dienone is 4. The molecule has 0 saturated heterocycles. The number of aryl methyl sites for hydroxylation is 4. The number of nitrogens with zero attached hydrogens (tertiary/aromatic N) is 4. The molecule has 0 N–H and O–H groups in total. The third-order valence-corrected chi connectivity index (χ3v) is 18.9. The Hall–Kier alpha value is -6.60. The third kappa shape index (κ3) is 18.5. The first-order chi connectivity index (χ1) is 46.2. The van der Waals surface area contributed by atoms with Gasteiger partial charge in [-0.05, 0) is 137 Å². The van der Waals surface area contributed by atoms with E-state index in [2.05, 4.69) is 128 Å². The Bertz CT molecular complexity index is 3610. The van der Waals surface area contributed by atoms with Crippen molar-refractivity contribution in [1.29, 1.82) is 0 Å². The predicted molar refractivity (Wildman–Crippen MR) is 387 cm³/mol. The summed E-state index contributed by atoms with van der Waals surface area (Å²) >= 11 is 0. The second-order valence-corrected chi connectivity index (χ2v) is 25.5. The van der Waals surface area contributed by atoms with Crippen LogP contribution in [0.4, 0.5) is 0 Å². The molecule has 502 valence electrons. The van der Waals surface area contributed by atoms with E-state index >= 15 is 0 Å². The number of benzene rings is 4. The van der Waals surface area contributed by atoms with E-state index in [1.807, 2.05) is 24.3 Å². The Balaban J connectivity index is 0.0000106. The topological polar surface area (TPSA) is 128 Å². The quantitative estimate of drug-likeness (QED) is 0.0409. The van der Waals surface area contributed by atoms with Crippen LogP contribution in [0.5, 0.6) is 23.0 Å². The molecule has 7 heterocycles. The maximum Gasteiger partial charge on any atom is 2.00 e. The van der Waals surface area contributed by atoms with E-state index < -0.39 is 0 Å². The van der Waals surface area contributed by atoms with E-state index in [-0.39, 0.29) is 19.5 Å². The molecule has 0 atom stereocenters. The van der Waals surface area contributed by atoms with E-state index in [1.165, 1.54) is 70.2 Å². The van der Waals surface area contributed by atoms with Crippen LogP contribution >= 0.6 is 0 Å². The Kier molecular flexibility index (Phi) is 28.9. The van der Waals surface area contributed by atoms with Gasteiger partial charge < -0.3 is 47.9 Å². The number of unbranched alkanes of at least 4 members (excludes halogenated alkanes) is 12. The van der Waals surface area contributed by atoms with Crippen LogP contribution < -0.4 is 28.9 Å². The number of rotatable bonds is 20. The molecule has 0 fully saturated rings. The summed E-state index contributed by atoms with van der Waals surface area (Å²) in [5.74, 6) is 3.08. The summed E-state index contributed by atoms with van der Waals surface area (Å²) in [6.07, 6.45) is 21.8. The van der Waals surface area contributed by atoms with Crippen LogP contribution in [-0.4, -0.2) is 89.3 Å². The Morgan fingerprint density at radius 1 is 0.358 bits per heavy atom. The van der Waals surface area contributed by atoms with Gasteiger partial charge in [0.05, 0.1) is 75.6 Å². The van der Waals surface area contributed by atoms with Gasteiger partial charge in [0.2, 0.25) is 0 Å². The molecule has 11 rings (SSSR count). The summed E-state index contributed by atoms with van der Waals surface area (Å²) < 4.78 is 50.7. The van der Waals surface area contributed by atoms with Crippen molar-refractivity contribution in [2.75, 3.05) is 79.3 Å². The average molecular weight is 1340 g/mol. The van der Waals surface area contributed by atoms with Gasteiger partial charge in [0.25, 0.3) is 0 Å². The summed E-state index contributed by atoms with van der Waals surface area (Å²) in [4.78, 5) is 23.7. The molecule has 0 radical (unpaired) electrons. The molecule has 0 amide bonds. The maximum absolute atomic E-state index is 6.88. The van der Waals surface area contributed by atoms with Crippen molar-refractivity contribution in [3.05, 3.63) is 142 Å². The fourth-order valence-corrected chi connectivity index (χ4v) is 13.6. The first-order valence-electron chi connectivity index (χ1n) is 35.9. The van der Waals surface area contributed by atoms with Gasteiger partial charge in [-0.3, -0.25) is 0 Å². The molecule has 3 aromatic heterocycles. The van der Waals surface area contributed by atoms with Crippen LogP contribution in [0.1, 0.15) is 202 Å². The van der Waals surface area contributed by atoms with Gasteiger partial charge in [-0.1, -0.05) is 200 Å². The van der Waals surface area contributed by atoms with Crippen molar-refractivity contribution in [2.24, 2.45) is 0 Å². The van der Waals surface area contributed by atoms with Gasteiger partial charge >= 0.3 is 19.5 Å². The van der Waals surface area contributed by atoms with Crippen molar-refractivity contribution in [2.45, 2.75) is 184 Å². The van der Waals surface area contributed by atoms with E-state index in [4.69, 9.17) is 57.8 Å². The fourth-order valence-electron chi connectivity index (χ4n) is 13.6. The van der Waals surface area contributed by atoms with Crippen LogP contribution in [-0.2, 0) is 51.3 Å². The molecular formula is C82H104N4O8Zn. The van der Waals surface area contributed by atoms with Crippen molar-refractivity contribution in [3.63, 3.8) is 0 Å². The van der Waals surface area contributed by atoms with Crippen LogP contribution in [0, 0.1) is 13.8 Å². The Labute approximate surface area is 579 Å². The van der Waals surface area contributed by atoms with Crippen LogP contribution in [0.15, 0.2) is 97.1 Å². The molecule has 0 aliphatic carbocycles. The monoisotopic (exact) mass is 1340 g/mol. The van der Waals surface area contributed by atoms with Gasteiger partial charge in [-0.15, -0.1) is 22.1 Å². The largest absolute Gasteiger partial charge is 2.00 e. The summed E-state index contributed by atoms with van der Waals surface area (Å²) in [6, 6.07) is 33.7. The molecule has 0 saturated carbocycles.